The Labute approximate surface area is 210 Å². The Bertz CT molecular complexity index is 1160. The van der Waals surface area contributed by atoms with E-state index < -0.39 is 0 Å². The number of hydrogen-bond acceptors (Lipinski definition) is 10. The van der Waals surface area contributed by atoms with Crippen molar-refractivity contribution < 1.29 is 4.84 Å². The molecule has 6 N–H and O–H groups in total. The summed E-state index contributed by atoms with van der Waals surface area (Å²) in [5.41, 5.74) is 10.3. The van der Waals surface area contributed by atoms with Crippen LogP contribution >= 0.6 is 0 Å². The third kappa shape index (κ3) is 5.83. The van der Waals surface area contributed by atoms with Crippen LogP contribution in [-0.2, 0) is 4.84 Å². The van der Waals surface area contributed by atoms with E-state index in [2.05, 4.69) is 60.8 Å². The molecule has 12 heteroatoms. The fraction of sp³-hybridized carbons (Fsp3) is 0.417. The van der Waals surface area contributed by atoms with Crippen LogP contribution in [0.25, 0.3) is 0 Å². The van der Waals surface area contributed by atoms with E-state index in [1.54, 1.807) is 12.2 Å². The van der Waals surface area contributed by atoms with Gasteiger partial charge in [0, 0.05) is 49.9 Å². The lowest BCUT2D eigenvalue weighted by atomic mass is 10.2. The predicted molar refractivity (Wildman–Crippen MR) is 141 cm³/mol. The van der Waals surface area contributed by atoms with Crippen molar-refractivity contribution in [2.75, 3.05) is 55.3 Å². The van der Waals surface area contributed by atoms with E-state index in [4.69, 9.17) is 20.5 Å². The number of aliphatic imine (C=N–C) groups is 1. The highest BCUT2D eigenvalue weighted by molar-refractivity contribution is 5.60. The van der Waals surface area contributed by atoms with E-state index in [0.29, 0.717) is 35.7 Å². The highest BCUT2D eigenvalue weighted by Gasteiger charge is 2.26. The lowest BCUT2D eigenvalue weighted by Crippen LogP contribution is -2.44. The van der Waals surface area contributed by atoms with Crippen LogP contribution in [0.5, 0.6) is 0 Å². The number of nitrogens with one attached hydrogen (secondary N) is 4. The predicted octanol–water partition coefficient (Wildman–Crippen LogP) is 1.83. The van der Waals surface area contributed by atoms with Crippen molar-refractivity contribution >= 4 is 29.7 Å². The lowest BCUT2D eigenvalue weighted by Gasteiger charge is -2.33. The van der Waals surface area contributed by atoms with E-state index in [1.165, 1.54) is 24.9 Å². The van der Waals surface area contributed by atoms with Crippen molar-refractivity contribution in [3.05, 3.63) is 54.1 Å². The maximum absolute atomic E-state index is 5.63. The molecule has 2 fully saturated rings. The van der Waals surface area contributed by atoms with Crippen LogP contribution in [-0.4, -0.2) is 77.2 Å². The normalized spacial score (nSPS) is 20.9. The molecule has 2 aromatic heterocycles. The van der Waals surface area contributed by atoms with Gasteiger partial charge >= 0.3 is 0 Å². The third-order valence-electron chi connectivity index (χ3n) is 6.33. The van der Waals surface area contributed by atoms with Crippen molar-refractivity contribution in [1.29, 1.82) is 0 Å². The van der Waals surface area contributed by atoms with Crippen LogP contribution in [0.1, 0.15) is 24.5 Å². The zero-order valence-corrected chi connectivity index (χ0v) is 20.4. The number of anilines is 4. The van der Waals surface area contributed by atoms with Crippen molar-refractivity contribution in [2.45, 2.75) is 24.8 Å². The molecule has 1 atom stereocenters. The Morgan fingerprint density at radius 1 is 1.25 bits per heavy atom. The fourth-order valence-electron chi connectivity index (χ4n) is 4.14. The summed E-state index contributed by atoms with van der Waals surface area (Å²) < 4.78 is 0. The van der Waals surface area contributed by atoms with Gasteiger partial charge in [0.05, 0.1) is 18.6 Å². The number of nitrogens with zero attached hydrogens (tertiary/aromatic N) is 6. The Balaban J connectivity index is 1.31. The minimum Gasteiger partial charge on any atom is -0.411 e. The second-order valence-corrected chi connectivity index (χ2v) is 9.12. The number of hydroxylamine groups is 1. The van der Waals surface area contributed by atoms with Crippen LogP contribution < -0.4 is 26.7 Å². The first-order valence-corrected chi connectivity index (χ1v) is 12.2. The summed E-state index contributed by atoms with van der Waals surface area (Å²) in [6.45, 7) is 7.90. The molecule has 12 nitrogen and oxygen atoms in total. The quantitative estimate of drug-likeness (QED) is 0.190. The molecule has 0 radical (unpaired) electrons. The van der Waals surface area contributed by atoms with Gasteiger partial charge in [-0.3, -0.25) is 5.10 Å². The maximum atomic E-state index is 5.63. The first-order chi connectivity index (χ1) is 17.6. The van der Waals surface area contributed by atoms with Gasteiger partial charge in [0.15, 0.2) is 5.82 Å². The summed E-state index contributed by atoms with van der Waals surface area (Å²) in [6.07, 6.45) is 9.05. The van der Waals surface area contributed by atoms with Crippen LogP contribution in [0.4, 0.5) is 23.4 Å². The highest BCUT2D eigenvalue weighted by Crippen LogP contribution is 2.39. The van der Waals surface area contributed by atoms with E-state index in [0.717, 1.165) is 37.8 Å². The SMILES string of the molecule is C=C/C=C(\N=C/N)C1C=C(CNc2nc(Nc3cc(C4CC4)[nH]n3)cc(N3CCN(C)CC3)n2)ON1. The summed E-state index contributed by atoms with van der Waals surface area (Å²) in [7, 11) is 2.14. The van der Waals surface area contributed by atoms with Gasteiger partial charge in [-0.05, 0) is 32.0 Å². The van der Waals surface area contributed by atoms with Crippen LogP contribution in [0.3, 0.4) is 0 Å². The molecular formula is C24H33N11O. The molecule has 1 saturated carbocycles. The number of aromatic nitrogens is 4. The molecule has 36 heavy (non-hydrogen) atoms. The first-order valence-electron chi connectivity index (χ1n) is 12.2. The largest absolute Gasteiger partial charge is 0.411 e. The van der Waals surface area contributed by atoms with Gasteiger partial charge in [-0.25, -0.2) is 4.99 Å². The minimum absolute atomic E-state index is 0.227. The van der Waals surface area contributed by atoms with Crippen LogP contribution in [0.2, 0.25) is 0 Å². The molecule has 5 rings (SSSR count). The third-order valence-corrected chi connectivity index (χ3v) is 6.33. The Kier molecular flexibility index (Phi) is 7.14. The summed E-state index contributed by atoms with van der Waals surface area (Å²) in [5, 5.41) is 14.2. The number of aromatic amines is 1. The molecule has 3 aliphatic rings. The van der Waals surface area contributed by atoms with Gasteiger partial charge in [-0.15, -0.1) is 5.48 Å². The zero-order chi connectivity index (χ0) is 24.9. The average Bonchev–Trinajstić information content (AvgIpc) is 3.44. The Morgan fingerprint density at radius 2 is 2.08 bits per heavy atom. The van der Waals surface area contributed by atoms with E-state index in [9.17, 15) is 0 Å². The van der Waals surface area contributed by atoms with Gasteiger partial charge in [0.25, 0.3) is 0 Å². The second kappa shape index (κ2) is 10.8. The van der Waals surface area contributed by atoms with Crippen molar-refractivity contribution in [2.24, 2.45) is 10.7 Å². The molecule has 0 bridgehead atoms. The van der Waals surface area contributed by atoms with Crippen molar-refractivity contribution in [1.82, 2.24) is 30.5 Å². The van der Waals surface area contributed by atoms with Gasteiger partial charge in [-0.2, -0.15) is 15.1 Å². The molecule has 1 aliphatic carbocycles. The van der Waals surface area contributed by atoms with Gasteiger partial charge in [0.2, 0.25) is 5.95 Å². The summed E-state index contributed by atoms with van der Waals surface area (Å²) in [4.78, 5) is 23.9. The number of piperazine rings is 1. The monoisotopic (exact) mass is 491 g/mol. The second-order valence-electron chi connectivity index (χ2n) is 9.12. The van der Waals surface area contributed by atoms with E-state index >= 15 is 0 Å². The molecule has 0 aromatic carbocycles. The van der Waals surface area contributed by atoms with Gasteiger partial charge in [0.1, 0.15) is 23.4 Å². The molecule has 0 amide bonds. The maximum Gasteiger partial charge on any atom is 0.227 e. The number of nitrogens with two attached hydrogens (primary N) is 1. The zero-order valence-electron chi connectivity index (χ0n) is 20.4. The molecule has 2 aromatic rings. The highest BCUT2D eigenvalue weighted by atomic mass is 16.7. The molecule has 4 heterocycles. The van der Waals surface area contributed by atoms with Gasteiger partial charge in [-0.1, -0.05) is 12.7 Å². The fourth-order valence-corrected chi connectivity index (χ4v) is 4.14. The number of rotatable bonds is 10. The smallest absolute Gasteiger partial charge is 0.227 e. The Hall–Kier alpha value is -3.90. The average molecular weight is 492 g/mol. The van der Waals surface area contributed by atoms with Crippen LogP contribution in [0.15, 0.2) is 53.4 Å². The summed E-state index contributed by atoms with van der Waals surface area (Å²) in [6, 6.07) is 3.81. The molecule has 0 spiro atoms. The Morgan fingerprint density at radius 3 is 2.83 bits per heavy atom. The standard InChI is InChI=1S/C24H33N11O/c1-3-4-18(27-15-25)20-11-17(36-33-20)14-26-24-29-21(28-22-12-19(31-32-22)16-5-6-16)13-23(30-24)35-9-7-34(2)8-10-35/h3-4,11-13,15-16,20,33H,1,5-10,14H2,2H3,(H2,25,27)(H3,26,28,29,30,31,32)/b18-4-. The van der Waals surface area contributed by atoms with Crippen molar-refractivity contribution in [3.63, 3.8) is 0 Å². The molecular weight excluding hydrogens is 458 g/mol. The summed E-state index contributed by atoms with van der Waals surface area (Å²) in [5.74, 6) is 4.11. The number of H-pyrrole nitrogens is 1. The summed E-state index contributed by atoms with van der Waals surface area (Å²) >= 11 is 0. The van der Waals surface area contributed by atoms with E-state index in [-0.39, 0.29) is 6.04 Å². The van der Waals surface area contributed by atoms with Crippen molar-refractivity contribution in [3.8, 4) is 0 Å². The van der Waals surface area contributed by atoms with E-state index in [1.807, 2.05) is 12.1 Å². The molecule has 2 aliphatic heterocycles. The topological polar surface area (TPSA) is 145 Å². The molecule has 1 unspecified atom stereocenters. The number of likely N-dealkylation sites (N-methyl/N-ethyl adjacent to an activating group) is 1. The lowest BCUT2D eigenvalue weighted by molar-refractivity contribution is 0.123. The van der Waals surface area contributed by atoms with Gasteiger partial charge < -0.3 is 31.0 Å². The van der Waals surface area contributed by atoms with Crippen LogP contribution in [0, 0.1) is 0 Å². The molecule has 190 valence electrons. The number of hydrogen-bond donors (Lipinski definition) is 5. The number of allylic oxidation sites excluding steroid dienone is 2. The first kappa shape index (κ1) is 23.8. The minimum atomic E-state index is -0.227. The molecule has 1 saturated heterocycles.